The number of hydrogen-bond donors (Lipinski definition) is 1. The number of fused-ring (bicyclic) bond motifs is 1. The maximum absolute atomic E-state index is 13.7. The molecule has 0 spiro atoms. The average molecular weight is 404 g/mol. The van der Waals surface area contributed by atoms with E-state index < -0.39 is 11.6 Å². The Morgan fingerprint density at radius 1 is 0.967 bits per heavy atom. The molecular weight excluding hydrogens is 386 g/mol. The van der Waals surface area contributed by atoms with E-state index in [2.05, 4.69) is 10.3 Å². The van der Waals surface area contributed by atoms with Crippen molar-refractivity contribution in [2.24, 2.45) is 0 Å². The molecule has 1 N–H and O–H groups in total. The molecule has 1 heterocycles. The number of rotatable bonds is 6. The van der Waals surface area contributed by atoms with E-state index in [0.29, 0.717) is 17.9 Å². The summed E-state index contributed by atoms with van der Waals surface area (Å²) in [5.41, 5.74) is 2.58. The van der Waals surface area contributed by atoms with Crippen molar-refractivity contribution in [3.63, 3.8) is 0 Å². The van der Waals surface area contributed by atoms with Gasteiger partial charge >= 0.3 is 0 Å². The fourth-order valence-electron chi connectivity index (χ4n) is 3.00. The van der Waals surface area contributed by atoms with Gasteiger partial charge in [0, 0.05) is 35.3 Å². The number of pyridine rings is 1. The molecule has 0 unspecified atom stereocenters. The third-order valence-corrected chi connectivity index (χ3v) is 4.65. The van der Waals surface area contributed by atoms with E-state index in [1.807, 2.05) is 36.4 Å². The van der Waals surface area contributed by atoms with Crippen LogP contribution in [-0.4, -0.2) is 10.9 Å². The fourth-order valence-corrected chi connectivity index (χ4v) is 3.00. The van der Waals surface area contributed by atoms with Crippen molar-refractivity contribution in [2.45, 2.75) is 13.2 Å². The summed E-state index contributed by atoms with van der Waals surface area (Å²) in [6.45, 7) is 0.357. The average Bonchev–Trinajstić information content (AvgIpc) is 2.77. The lowest BCUT2D eigenvalue weighted by Gasteiger charge is -2.09. The predicted molar refractivity (Wildman–Crippen MR) is 110 cm³/mol. The molecule has 0 bridgehead atoms. The van der Waals surface area contributed by atoms with E-state index in [9.17, 15) is 13.6 Å². The van der Waals surface area contributed by atoms with Gasteiger partial charge in [-0.15, -0.1) is 0 Å². The van der Waals surface area contributed by atoms with E-state index in [0.717, 1.165) is 22.5 Å². The van der Waals surface area contributed by atoms with Gasteiger partial charge in [0.05, 0.1) is 5.52 Å². The van der Waals surface area contributed by atoms with Gasteiger partial charge in [-0.05, 0) is 54.1 Å². The summed E-state index contributed by atoms with van der Waals surface area (Å²) in [5.74, 6) is -0.884. The molecule has 3 aromatic carbocycles. The highest BCUT2D eigenvalue weighted by molar-refractivity contribution is 5.97. The van der Waals surface area contributed by atoms with Gasteiger partial charge in [0.2, 0.25) is 0 Å². The van der Waals surface area contributed by atoms with E-state index in [1.54, 1.807) is 24.4 Å². The minimum absolute atomic E-state index is 0.000976. The second-order valence-electron chi connectivity index (χ2n) is 6.76. The first kappa shape index (κ1) is 19.5. The maximum Gasteiger partial charge on any atom is 0.251 e. The molecule has 1 amide bonds. The molecule has 0 saturated carbocycles. The summed E-state index contributed by atoms with van der Waals surface area (Å²) in [7, 11) is 0. The van der Waals surface area contributed by atoms with Crippen LogP contribution in [0.25, 0.3) is 10.9 Å². The fraction of sp³-hybridized carbons (Fsp3) is 0.0833. The van der Waals surface area contributed by atoms with Gasteiger partial charge in [-0.25, -0.2) is 8.78 Å². The quantitative estimate of drug-likeness (QED) is 0.491. The molecule has 4 aromatic rings. The molecular formula is C24H18F2N2O2. The summed E-state index contributed by atoms with van der Waals surface area (Å²) in [6.07, 6.45) is 1.71. The van der Waals surface area contributed by atoms with Crippen LogP contribution in [0.1, 0.15) is 21.5 Å². The molecule has 4 nitrogen and oxygen atoms in total. The van der Waals surface area contributed by atoms with Gasteiger partial charge in [0.1, 0.15) is 24.0 Å². The minimum Gasteiger partial charge on any atom is -0.489 e. The summed E-state index contributed by atoms with van der Waals surface area (Å²) in [4.78, 5) is 16.7. The number of hydrogen-bond acceptors (Lipinski definition) is 3. The van der Waals surface area contributed by atoms with Crippen LogP contribution in [-0.2, 0) is 13.2 Å². The summed E-state index contributed by atoms with van der Waals surface area (Å²) in [5, 5.41) is 3.79. The normalized spacial score (nSPS) is 10.7. The molecule has 30 heavy (non-hydrogen) atoms. The molecule has 1 aromatic heterocycles. The van der Waals surface area contributed by atoms with Crippen LogP contribution in [0.5, 0.6) is 5.75 Å². The standard InChI is InChI=1S/C24H18F2N2O2/c25-20-7-5-19(22(26)13-20)15-30-21-8-3-16(4-9-21)14-28-24(29)18-6-10-23-17(12-18)2-1-11-27-23/h1-13H,14-15H2,(H,28,29). The zero-order valence-electron chi connectivity index (χ0n) is 15.9. The monoisotopic (exact) mass is 404 g/mol. The third-order valence-electron chi connectivity index (χ3n) is 4.65. The minimum atomic E-state index is -0.640. The van der Waals surface area contributed by atoms with Gasteiger partial charge < -0.3 is 10.1 Å². The van der Waals surface area contributed by atoms with Crippen LogP contribution < -0.4 is 10.1 Å². The third kappa shape index (κ3) is 4.60. The Bertz CT molecular complexity index is 1190. The van der Waals surface area contributed by atoms with Crippen molar-refractivity contribution in [3.05, 3.63) is 107 Å². The molecule has 6 heteroatoms. The highest BCUT2D eigenvalue weighted by Gasteiger charge is 2.08. The lowest BCUT2D eigenvalue weighted by Crippen LogP contribution is -2.22. The first-order valence-electron chi connectivity index (χ1n) is 9.37. The first-order chi connectivity index (χ1) is 14.6. The predicted octanol–water partition coefficient (Wildman–Crippen LogP) is 5.02. The number of ether oxygens (including phenoxy) is 1. The largest absolute Gasteiger partial charge is 0.489 e. The number of benzene rings is 3. The molecule has 0 atom stereocenters. The highest BCUT2D eigenvalue weighted by atomic mass is 19.1. The number of aromatic nitrogens is 1. The van der Waals surface area contributed by atoms with Crippen LogP contribution >= 0.6 is 0 Å². The Balaban J connectivity index is 1.33. The smallest absolute Gasteiger partial charge is 0.251 e. The van der Waals surface area contributed by atoms with Gasteiger partial charge in [-0.1, -0.05) is 18.2 Å². The maximum atomic E-state index is 13.7. The Labute approximate surface area is 172 Å². The van der Waals surface area contributed by atoms with Crippen molar-refractivity contribution < 1.29 is 18.3 Å². The van der Waals surface area contributed by atoms with Crippen molar-refractivity contribution in [1.82, 2.24) is 10.3 Å². The molecule has 0 aliphatic heterocycles. The molecule has 4 rings (SSSR count). The number of nitrogens with zero attached hydrogens (tertiary/aromatic N) is 1. The summed E-state index contributed by atoms with van der Waals surface area (Å²) >= 11 is 0. The topological polar surface area (TPSA) is 51.2 Å². The van der Waals surface area contributed by atoms with Crippen LogP contribution in [0.15, 0.2) is 79.0 Å². The zero-order chi connectivity index (χ0) is 20.9. The van der Waals surface area contributed by atoms with Crippen molar-refractivity contribution in [2.75, 3.05) is 0 Å². The number of nitrogens with one attached hydrogen (secondary N) is 1. The Kier molecular flexibility index (Phi) is 5.66. The van der Waals surface area contributed by atoms with Gasteiger partial charge in [0.15, 0.2) is 0 Å². The SMILES string of the molecule is O=C(NCc1ccc(OCc2ccc(F)cc2F)cc1)c1ccc2ncccc2c1. The number of carbonyl (C=O) groups is 1. The number of carbonyl (C=O) groups excluding carboxylic acids is 1. The lowest BCUT2D eigenvalue weighted by molar-refractivity contribution is 0.0951. The first-order valence-corrected chi connectivity index (χ1v) is 9.37. The van der Waals surface area contributed by atoms with Crippen LogP contribution in [0.2, 0.25) is 0 Å². The Hall–Kier alpha value is -3.80. The second-order valence-corrected chi connectivity index (χ2v) is 6.76. The van der Waals surface area contributed by atoms with E-state index in [-0.39, 0.29) is 18.1 Å². The summed E-state index contributed by atoms with van der Waals surface area (Å²) < 4.78 is 32.2. The number of amides is 1. The van der Waals surface area contributed by atoms with Gasteiger partial charge in [-0.2, -0.15) is 0 Å². The van der Waals surface area contributed by atoms with E-state index in [1.165, 1.54) is 12.1 Å². The van der Waals surface area contributed by atoms with Gasteiger partial charge in [-0.3, -0.25) is 9.78 Å². The van der Waals surface area contributed by atoms with Crippen molar-refractivity contribution in [3.8, 4) is 5.75 Å². The molecule has 0 fully saturated rings. The number of halogens is 2. The summed E-state index contributed by atoms with van der Waals surface area (Å²) in [6, 6.07) is 19.6. The molecule has 0 radical (unpaired) electrons. The zero-order valence-corrected chi connectivity index (χ0v) is 15.9. The van der Waals surface area contributed by atoms with Crippen molar-refractivity contribution in [1.29, 1.82) is 0 Å². The highest BCUT2D eigenvalue weighted by Crippen LogP contribution is 2.17. The second kappa shape index (κ2) is 8.69. The van der Waals surface area contributed by atoms with Gasteiger partial charge in [0.25, 0.3) is 5.91 Å². The van der Waals surface area contributed by atoms with Crippen LogP contribution in [0.3, 0.4) is 0 Å². The van der Waals surface area contributed by atoms with E-state index in [4.69, 9.17) is 4.74 Å². The van der Waals surface area contributed by atoms with Crippen molar-refractivity contribution >= 4 is 16.8 Å². The molecule has 0 aliphatic carbocycles. The molecule has 0 aliphatic rings. The Morgan fingerprint density at radius 3 is 2.60 bits per heavy atom. The molecule has 150 valence electrons. The Morgan fingerprint density at radius 2 is 1.80 bits per heavy atom. The molecule has 0 saturated heterocycles. The van der Waals surface area contributed by atoms with Crippen LogP contribution in [0, 0.1) is 11.6 Å². The lowest BCUT2D eigenvalue weighted by atomic mass is 10.1. The van der Waals surface area contributed by atoms with Crippen LogP contribution in [0.4, 0.5) is 8.78 Å². The van der Waals surface area contributed by atoms with E-state index >= 15 is 0 Å².